The van der Waals surface area contributed by atoms with E-state index in [1.54, 1.807) is 18.2 Å². The number of halogens is 6. The maximum atomic E-state index is 12.9. The van der Waals surface area contributed by atoms with Crippen LogP contribution in [0.2, 0.25) is 0 Å². The van der Waals surface area contributed by atoms with Crippen molar-refractivity contribution in [2.75, 3.05) is 25.0 Å². The van der Waals surface area contributed by atoms with Crippen LogP contribution in [0.4, 0.5) is 32.0 Å². The molecular formula is C24H25F6N3O. The van der Waals surface area contributed by atoms with Crippen molar-refractivity contribution < 1.29 is 31.1 Å². The van der Waals surface area contributed by atoms with E-state index < -0.39 is 18.1 Å². The molecule has 3 aromatic rings. The van der Waals surface area contributed by atoms with E-state index in [9.17, 15) is 26.3 Å². The lowest BCUT2D eigenvalue weighted by atomic mass is 10.1. The number of aromatic nitrogens is 1. The first-order valence-electron chi connectivity index (χ1n) is 10.8. The molecule has 0 radical (unpaired) electrons. The normalized spacial score (nSPS) is 12.4. The number of hydrogen-bond acceptors (Lipinski definition) is 4. The summed E-state index contributed by atoms with van der Waals surface area (Å²) in [7, 11) is 0. The highest BCUT2D eigenvalue weighted by Gasteiger charge is 2.31. The lowest BCUT2D eigenvalue weighted by molar-refractivity contribution is -0.274. The van der Waals surface area contributed by atoms with Crippen molar-refractivity contribution in [3.63, 3.8) is 0 Å². The number of ether oxygens (including phenoxy) is 1. The summed E-state index contributed by atoms with van der Waals surface area (Å²) >= 11 is 0. The number of fused-ring (bicyclic) bond motifs is 1. The SMILES string of the molecule is CCCN(CCCNc1ccnc2cc(C(F)(F)F)ccc12)Cc1ccc(OC(F)(F)F)cc1. The minimum atomic E-state index is -4.72. The largest absolute Gasteiger partial charge is 0.573 e. The monoisotopic (exact) mass is 485 g/mol. The predicted octanol–water partition coefficient (Wildman–Crippen LogP) is 6.87. The molecule has 0 atom stereocenters. The summed E-state index contributed by atoms with van der Waals surface area (Å²) in [5, 5.41) is 3.88. The number of alkyl halides is 6. The van der Waals surface area contributed by atoms with E-state index in [4.69, 9.17) is 0 Å². The molecule has 0 fully saturated rings. The number of hydrogen-bond donors (Lipinski definition) is 1. The Hall–Kier alpha value is -3.01. The smallest absolute Gasteiger partial charge is 0.406 e. The average molecular weight is 485 g/mol. The molecule has 4 nitrogen and oxygen atoms in total. The summed E-state index contributed by atoms with van der Waals surface area (Å²) in [6, 6.07) is 11.0. The van der Waals surface area contributed by atoms with Crippen LogP contribution in [0.1, 0.15) is 30.9 Å². The second-order valence-corrected chi connectivity index (χ2v) is 7.84. The number of nitrogens with zero attached hydrogens (tertiary/aromatic N) is 2. The van der Waals surface area contributed by atoms with Gasteiger partial charge in [-0.25, -0.2) is 0 Å². The Morgan fingerprint density at radius 3 is 2.32 bits per heavy atom. The zero-order chi connectivity index (χ0) is 24.8. The van der Waals surface area contributed by atoms with Crippen molar-refractivity contribution >= 4 is 16.6 Å². The van der Waals surface area contributed by atoms with Crippen LogP contribution in [-0.2, 0) is 12.7 Å². The summed E-state index contributed by atoms with van der Waals surface area (Å²) in [6.45, 7) is 4.78. The molecule has 3 rings (SSSR count). The lowest BCUT2D eigenvalue weighted by Crippen LogP contribution is -2.26. The molecule has 0 aliphatic carbocycles. The van der Waals surface area contributed by atoms with E-state index in [1.165, 1.54) is 24.4 Å². The highest BCUT2D eigenvalue weighted by atomic mass is 19.4. The first-order valence-corrected chi connectivity index (χ1v) is 10.8. The highest BCUT2D eigenvalue weighted by Crippen LogP contribution is 2.32. The van der Waals surface area contributed by atoms with Gasteiger partial charge in [-0.05, 0) is 55.3 Å². The zero-order valence-electron chi connectivity index (χ0n) is 18.5. The minimum Gasteiger partial charge on any atom is -0.406 e. The van der Waals surface area contributed by atoms with Crippen LogP contribution in [0.25, 0.3) is 10.9 Å². The van der Waals surface area contributed by atoms with Gasteiger partial charge >= 0.3 is 12.5 Å². The fraction of sp³-hybridized carbons (Fsp3) is 0.375. The van der Waals surface area contributed by atoms with Crippen LogP contribution in [0.5, 0.6) is 5.75 Å². The van der Waals surface area contributed by atoms with Crippen molar-refractivity contribution in [2.24, 2.45) is 0 Å². The molecule has 0 aliphatic rings. The number of anilines is 1. The van der Waals surface area contributed by atoms with Gasteiger partial charge in [0.2, 0.25) is 0 Å². The molecule has 0 aliphatic heterocycles. The standard InChI is InChI=1S/C24H25F6N3O/c1-2-13-33(16-17-4-7-19(8-5-17)34-24(28,29)30)14-3-11-31-21-10-12-32-22-15-18(23(25,26)27)6-9-20(21)22/h4-10,12,15H,2-3,11,13-14,16H2,1H3,(H,31,32). The molecule has 0 saturated heterocycles. The maximum absolute atomic E-state index is 12.9. The molecule has 0 bridgehead atoms. The molecule has 0 amide bonds. The topological polar surface area (TPSA) is 37.4 Å². The van der Waals surface area contributed by atoms with E-state index in [2.05, 4.69) is 19.9 Å². The lowest BCUT2D eigenvalue weighted by Gasteiger charge is -2.22. The van der Waals surface area contributed by atoms with Gasteiger partial charge in [0, 0.05) is 36.9 Å². The average Bonchev–Trinajstić information content (AvgIpc) is 2.76. The quantitative estimate of drug-likeness (QED) is 0.251. The Morgan fingerprint density at radius 1 is 0.941 bits per heavy atom. The fourth-order valence-corrected chi connectivity index (χ4v) is 3.65. The molecule has 10 heteroatoms. The van der Waals surface area contributed by atoms with Gasteiger partial charge in [0.25, 0.3) is 0 Å². The van der Waals surface area contributed by atoms with Crippen molar-refractivity contribution in [1.82, 2.24) is 9.88 Å². The Bertz CT molecular complexity index is 1070. The van der Waals surface area contributed by atoms with Gasteiger partial charge in [0.05, 0.1) is 11.1 Å². The molecule has 184 valence electrons. The summed E-state index contributed by atoms with van der Waals surface area (Å²) in [5.41, 5.74) is 1.11. The van der Waals surface area contributed by atoms with Crippen LogP contribution < -0.4 is 10.1 Å². The Labute approximate surface area is 193 Å². The minimum absolute atomic E-state index is 0.255. The summed E-state index contributed by atoms with van der Waals surface area (Å²) < 4.78 is 79.7. The molecule has 1 N–H and O–H groups in total. The second-order valence-electron chi connectivity index (χ2n) is 7.84. The number of nitrogens with one attached hydrogen (secondary N) is 1. The molecule has 34 heavy (non-hydrogen) atoms. The van der Waals surface area contributed by atoms with E-state index in [0.29, 0.717) is 24.2 Å². The number of pyridine rings is 1. The zero-order valence-corrected chi connectivity index (χ0v) is 18.5. The van der Waals surface area contributed by atoms with Crippen LogP contribution in [0.15, 0.2) is 54.7 Å². The van der Waals surface area contributed by atoms with Gasteiger partial charge in [-0.3, -0.25) is 9.88 Å². The molecule has 1 heterocycles. The van der Waals surface area contributed by atoms with Gasteiger partial charge in [-0.1, -0.05) is 25.1 Å². The number of benzene rings is 2. The highest BCUT2D eigenvalue weighted by molar-refractivity contribution is 5.91. The van der Waals surface area contributed by atoms with Crippen LogP contribution in [0, 0.1) is 0 Å². The van der Waals surface area contributed by atoms with Gasteiger partial charge in [-0.2, -0.15) is 13.2 Å². The third-order valence-electron chi connectivity index (χ3n) is 5.14. The summed E-state index contributed by atoms with van der Waals surface area (Å²) in [6.07, 6.45) is -5.99. The first kappa shape index (κ1) is 25.6. The first-order chi connectivity index (χ1) is 16.0. The molecule has 0 unspecified atom stereocenters. The Balaban J connectivity index is 1.55. The molecule has 0 spiro atoms. The predicted molar refractivity (Wildman–Crippen MR) is 119 cm³/mol. The van der Waals surface area contributed by atoms with E-state index >= 15 is 0 Å². The van der Waals surface area contributed by atoms with Gasteiger partial charge in [0.15, 0.2) is 0 Å². The van der Waals surface area contributed by atoms with Crippen LogP contribution in [-0.4, -0.2) is 35.9 Å². The van der Waals surface area contributed by atoms with Crippen LogP contribution in [0.3, 0.4) is 0 Å². The molecule has 1 aromatic heterocycles. The maximum Gasteiger partial charge on any atom is 0.573 e. The van der Waals surface area contributed by atoms with Crippen molar-refractivity contribution in [1.29, 1.82) is 0 Å². The fourth-order valence-electron chi connectivity index (χ4n) is 3.65. The van der Waals surface area contributed by atoms with Gasteiger partial charge in [0.1, 0.15) is 5.75 Å². The summed E-state index contributed by atoms with van der Waals surface area (Å²) in [5.74, 6) is -0.255. The van der Waals surface area contributed by atoms with E-state index in [1.807, 2.05) is 6.92 Å². The second kappa shape index (κ2) is 10.9. The van der Waals surface area contributed by atoms with Gasteiger partial charge < -0.3 is 10.1 Å². The van der Waals surface area contributed by atoms with Crippen molar-refractivity contribution in [2.45, 2.75) is 38.8 Å². The van der Waals surface area contributed by atoms with Crippen LogP contribution >= 0.6 is 0 Å². The van der Waals surface area contributed by atoms with E-state index in [0.717, 1.165) is 43.6 Å². The van der Waals surface area contributed by atoms with Crippen molar-refractivity contribution in [3.05, 3.63) is 65.9 Å². The Morgan fingerprint density at radius 2 is 1.68 bits per heavy atom. The Kier molecular flexibility index (Phi) is 8.24. The van der Waals surface area contributed by atoms with Gasteiger partial charge in [-0.15, -0.1) is 13.2 Å². The van der Waals surface area contributed by atoms with E-state index in [-0.39, 0.29) is 11.3 Å². The van der Waals surface area contributed by atoms with Crippen molar-refractivity contribution in [3.8, 4) is 5.75 Å². The number of rotatable bonds is 10. The molecular weight excluding hydrogens is 460 g/mol. The molecule has 0 saturated carbocycles. The third-order valence-corrected chi connectivity index (χ3v) is 5.14. The molecule has 2 aromatic carbocycles. The third kappa shape index (κ3) is 7.51. The summed E-state index contributed by atoms with van der Waals surface area (Å²) in [4.78, 5) is 6.25.